The molecule has 0 atom stereocenters. The SMILES string of the molecule is Nc1cccc(Cl)c1C(=O)Nc1cccc2cnccc12. The zero-order chi connectivity index (χ0) is 14.8. The molecule has 0 spiro atoms. The van der Waals surface area contributed by atoms with Crippen molar-refractivity contribution in [2.24, 2.45) is 0 Å². The second-order valence-electron chi connectivity index (χ2n) is 4.56. The van der Waals surface area contributed by atoms with E-state index in [1.165, 1.54) is 0 Å². The summed E-state index contributed by atoms with van der Waals surface area (Å²) in [7, 11) is 0. The number of nitrogen functional groups attached to an aromatic ring is 1. The molecule has 2 aromatic carbocycles. The Kier molecular flexibility index (Phi) is 3.46. The Morgan fingerprint density at radius 3 is 2.76 bits per heavy atom. The molecule has 3 rings (SSSR count). The van der Waals surface area contributed by atoms with Crippen molar-refractivity contribution in [2.75, 3.05) is 11.1 Å². The summed E-state index contributed by atoms with van der Waals surface area (Å²) in [6.07, 6.45) is 3.43. The molecule has 0 aliphatic heterocycles. The molecule has 5 heteroatoms. The molecular formula is C16H12ClN3O. The van der Waals surface area contributed by atoms with Crippen molar-refractivity contribution in [3.05, 3.63) is 65.4 Å². The number of rotatable bonds is 2. The first kappa shape index (κ1) is 13.4. The molecule has 4 nitrogen and oxygen atoms in total. The Morgan fingerprint density at radius 2 is 1.95 bits per heavy atom. The van der Waals surface area contributed by atoms with Crippen LogP contribution in [0.2, 0.25) is 5.02 Å². The lowest BCUT2D eigenvalue weighted by Gasteiger charge is -2.11. The van der Waals surface area contributed by atoms with Gasteiger partial charge in [-0.05, 0) is 24.3 Å². The summed E-state index contributed by atoms with van der Waals surface area (Å²) in [6, 6.07) is 12.5. The number of carbonyl (C=O) groups is 1. The van der Waals surface area contributed by atoms with Crippen molar-refractivity contribution in [3.8, 4) is 0 Å². The molecule has 0 radical (unpaired) electrons. The number of nitrogens with one attached hydrogen (secondary N) is 1. The molecule has 0 saturated heterocycles. The predicted molar refractivity (Wildman–Crippen MR) is 85.6 cm³/mol. The number of aromatic nitrogens is 1. The van der Waals surface area contributed by atoms with E-state index in [4.69, 9.17) is 17.3 Å². The van der Waals surface area contributed by atoms with Crippen LogP contribution in [0.25, 0.3) is 10.8 Å². The third-order valence-electron chi connectivity index (χ3n) is 3.20. The van der Waals surface area contributed by atoms with Crippen LogP contribution in [-0.4, -0.2) is 10.9 Å². The molecule has 0 aliphatic carbocycles. The van der Waals surface area contributed by atoms with Crippen molar-refractivity contribution >= 4 is 39.7 Å². The van der Waals surface area contributed by atoms with Crippen LogP contribution in [0.5, 0.6) is 0 Å². The lowest BCUT2D eigenvalue weighted by molar-refractivity contribution is 0.102. The van der Waals surface area contributed by atoms with Gasteiger partial charge >= 0.3 is 0 Å². The van der Waals surface area contributed by atoms with Gasteiger partial charge in [-0.15, -0.1) is 0 Å². The van der Waals surface area contributed by atoms with Crippen molar-refractivity contribution in [1.82, 2.24) is 4.98 Å². The van der Waals surface area contributed by atoms with Crippen molar-refractivity contribution in [2.45, 2.75) is 0 Å². The molecule has 0 fully saturated rings. The number of carbonyl (C=O) groups excluding carboxylic acids is 1. The molecule has 0 aliphatic rings. The molecule has 0 bridgehead atoms. The molecule has 1 heterocycles. The minimum atomic E-state index is -0.331. The first-order chi connectivity index (χ1) is 10.2. The van der Waals surface area contributed by atoms with Gasteiger partial charge in [-0.3, -0.25) is 9.78 Å². The van der Waals surface area contributed by atoms with Crippen LogP contribution < -0.4 is 11.1 Å². The first-order valence-electron chi connectivity index (χ1n) is 6.35. The number of hydrogen-bond acceptors (Lipinski definition) is 3. The minimum absolute atomic E-state index is 0.283. The number of nitrogens with zero attached hydrogens (tertiary/aromatic N) is 1. The normalized spacial score (nSPS) is 10.5. The topological polar surface area (TPSA) is 68.0 Å². The van der Waals surface area contributed by atoms with Gasteiger partial charge in [-0.1, -0.05) is 29.8 Å². The number of amides is 1. The zero-order valence-electron chi connectivity index (χ0n) is 11.0. The maximum Gasteiger partial charge on any atom is 0.259 e. The highest BCUT2D eigenvalue weighted by Crippen LogP contribution is 2.26. The maximum atomic E-state index is 12.4. The van der Waals surface area contributed by atoms with E-state index in [0.717, 1.165) is 10.8 Å². The fourth-order valence-corrected chi connectivity index (χ4v) is 2.46. The number of halogens is 1. The molecule has 104 valence electrons. The average molecular weight is 298 g/mol. The number of pyridine rings is 1. The Bertz CT molecular complexity index is 807. The largest absolute Gasteiger partial charge is 0.398 e. The fraction of sp³-hybridized carbons (Fsp3) is 0. The summed E-state index contributed by atoms with van der Waals surface area (Å²) < 4.78 is 0. The second kappa shape index (κ2) is 5.42. The lowest BCUT2D eigenvalue weighted by Crippen LogP contribution is -2.14. The van der Waals surface area contributed by atoms with Crippen molar-refractivity contribution < 1.29 is 4.79 Å². The number of benzene rings is 2. The van der Waals surface area contributed by atoms with E-state index in [2.05, 4.69) is 10.3 Å². The lowest BCUT2D eigenvalue weighted by atomic mass is 10.1. The zero-order valence-corrected chi connectivity index (χ0v) is 11.8. The average Bonchev–Trinajstić information content (AvgIpc) is 2.47. The summed E-state index contributed by atoms with van der Waals surface area (Å²) in [5.74, 6) is -0.331. The van der Waals surface area contributed by atoms with Gasteiger partial charge in [-0.25, -0.2) is 0 Å². The number of fused-ring (bicyclic) bond motifs is 1. The smallest absolute Gasteiger partial charge is 0.259 e. The van der Waals surface area contributed by atoms with Gasteiger partial charge in [0.15, 0.2) is 0 Å². The van der Waals surface area contributed by atoms with Crippen LogP contribution in [0.4, 0.5) is 11.4 Å². The van der Waals surface area contributed by atoms with Crippen LogP contribution in [-0.2, 0) is 0 Å². The highest BCUT2D eigenvalue weighted by molar-refractivity contribution is 6.35. The number of anilines is 2. The predicted octanol–water partition coefficient (Wildman–Crippen LogP) is 3.72. The molecule has 1 aromatic heterocycles. The molecular weight excluding hydrogens is 286 g/mol. The fourth-order valence-electron chi connectivity index (χ4n) is 2.20. The van der Waals surface area contributed by atoms with Crippen LogP contribution >= 0.6 is 11.6 Å². The van der Waals surface area contributed by atoms with Gasteiger partial charge in [-0.2, -0.15) is 0 Å². The van der Waals surface area contributed by atoms with Gasteiger partial charge in [0.2, 0.25) is 0 Å². The number of nitrogens with two attached hydrogens (primary N) is 1. The van der Waals surface area contributed by atoms with E-state index >= 15 is 0 Å². The van der Waals surface area contributed by atoms with E-state index in [-0.39, 0.29) is 11.5 Å². The standard InChI is InChI=1S/C16H12ClN3O/c17-12-4-2-5-13(18)15(12)16(21)20-14-6-1-3-10-9-19-8-7-11(10)14/h1-9H,18H2,(H,20,21). The summed E-state index contributed by atoms with van der Waals surface area (Å²) in [6.45, 7) is 0. The van der Waals surface area contributed by atoms with Crippen LogP contribution in [0, 0.1) is 0 Å². The third kappa shape index (κ3) is 2.53. The van der Waals surface area contributed by atoms with Crippen molar-refractivity contribution in [1.29, 1.82) is 0 Å². The van der Waals surface area contributed by atoms with Crippen LogP contribution in [0.15, 0.2) is 54.9 Å². The summed E-state index contributed by atoms with van der Waals surface area (Å²) in [5, 5.41) is 5.04. The Labute approximate surface area is 126 Å². The van der Waals surface area contributed by atoms with Gasteiger partial charge in [0, 0.05) is 34.5 Å². The highest BCUT2D eigenvalue weighted by atomic mass is 35.5. The van der Waals surface area contributed by atoms with Gasteiger partial charge in [0.05, 0.1) is 10.6 Å². The highest BCUT2D eigenvalue weighted by Gasteiger charge is 2.14. The molecule has 3 aromatic rings. The Balaban J connectivity index is 2.01. The molecule has 3 N–H and O–H groups in total. The maximum absolute atomic E-state index is 12.4. The van der Waals surface area contributed by atoms with Crippen LogP contribution in [0.3, 0.4) is 0 Å². The molecule has 0 unspecified atom stereocenters. The second-order valence-corrected chi connectivity index (χ2v) is 4.97. The molecule has 1 amide bonds. The number of hydrogen-bond donors (Lipinski definition) is 2. The van der Waals surface area contributed by atoms with Crippen molar-refractivity contribution in [3.63, 3.8) is 0 Å². The van der Waals surface area contributed by atoms with E-state index in [1.54, 1.807) is 30.6 Å². The monoisotopic (exact) mass is 297 g/mol. The van der Waals surface area contributed by atoms with E-state index in [0.29, 0.717) is 16.4 Å². The Hall–Kier alpha value is -2.59. The van der Waals surface area contributed by atoms with E-state index in [1.807, 2.05) is 24.3 Å². The van der Waals surface area contributed by atoms with Gasteiger partial charge < -0.3 is 11.1 Å². The summed E-state index contributed by atoms with van der Waals surface area (Å²) in [4.78, 5) is 16.5. The molecule has 0 saturated carbocycles. The molecule has 21 heavy (non-hydrogen) atoms. The Morgan fingerprint density at radius 1 is 1.14 bits per heavy atom. The van der Waals surface area contributed by atoms with Gasteiger partial charge in [0.25, 0.3) is 5.91 Å². The van der Waals surface area contributed by atoms with Gasteiger partial charge in [0.1, 0.15) is 0 Å². The summed E-state index contributed by atoms with van der Waals surface area (Å²) in [5.41, 5.74) is 7.16. The van der Waals surface area contributed by atoms with E-state index < -0.39 is 0 Å². The first-order valence-corrected chi connectivity index (χ1v) is 6.72. The third-order valence-corrected chi connectivity index (χ3v) is 3.52. The van der Waals surface area contributed by atoms with E-state index in [9.17, 15) is 4.79 Å². The minimum Gasteiger partial charge on any atom is -0.398 e. The summed E-state index contributed by atoms with van der Waals surface area (Å²) >= 11 is 6.06. The quantitative estimate of drug-likeness (QED) is 0.708. The van der Waals surface area contributed by atoms with Crippen LogP contribution in [0.1, 0.15) is 10.4 Å².